The Morgan fingerprint density at radius 1 is 1.40 bits per heavy atom. The van der Waals surface area contributed by atoms with E-state index >= 15 is 0 Å². The van der Waals surface area contributed by atoms with Gasteiger partial charge in [-0.05, 0) is 41.6 Å². The number of halogens is 1. The number of amides is 1. The van der Waals surface area contributed by atoms with Crippen LogP contribution in [-0.4, -0.2) is 37.4 Å². The van der Waals surface area contributed by atoms with Gasteiger partial charge in [0.05, 0.1) is 28.0 Å². The summed E-state index contributed by atoms with van der Waals surface area (Å²) in [5, 5.41) is 13.7. The molecule has 0 aromatic carbocycles. The molecule has 0 bridgehead atoms. The number of hydrogen-bond donors (Lipinski definition) is 1. The van der Waals surface area contributed by atoms with Crippen molar-refractivity contribution in [1.29, 1.82) is 0 Å². The quantitative estimate of drug-likeness (QED) is 0.767. The fourth-order valence-electron chi connectivity index (χ4n) is 2.29. The number of pyridine rings is 1. The largest absolute Gasteiger partial charge is 0.465 e. The van der Waals surface area contributed by atoms with Gasteiger partial charge in [0.15, 0.2) is 0 Å². The van der Waals surface area contributed by atoms with Crippen molar-refractivity contribution < 1.29 is 9.90 Å². The predicted octanol–water partition coefficient (Wildman–Crippen LogP) is 2.35. The molecule has 0 fully saturated rings. The number of carbonyl (C=O) groups is 1. The Morgan fingerprint density at radius 3 is 2.90 bits per heavy atom. The minimum atomic E-state index is -0.886. The van der Waals surface area contributed by atoms with E-state index in [4.69, 9.17) is 5.11 Å². The third kappa shape index (κ3) is 2.26. The van der Waals surface area contributed by atoms with Crippen molar-refractivity contribution in [3.05, 3.63) is 33.2 Å². The highest BCUT2D eigenvalue weighted by Crippen LogP contribution is 2.28. The van der Waals surface area contributed by atoms with Gasteiger partial charge in [-0.15, -0.1) is 0 Å². The normalized spacial score (nSPS) is 14.2. The monoisotopic (exact) mass is 384 g/mol. The maximum atomic E-state index is 11.1. The molecule has 104 valence electrons. The minimum absolute atomic E-state index is 0.381. The third-order valence-electron chi connectivity index (χ3n) is 3.32. The number of aromatic nitrogens is 3. The molecule has 7 heteroatoms. The van der Waals surface area contributed by atoms with Crippen LogP contribution in [0.25, 0.3) is 11.4 Å². The van der Waals surface area contributed by atoms with Gasteiger partial charge in [0.25, 0.3) is 0 Å². The Bertz CT molecular complexity index is 683. The summed E-state index contributed by atoms with van der Waals surface area (Å²) in [5.41, 5.74) is 3.55. The molecule has 2 aromatic heterocycles. The van der Waals surface area contributed by atoms with Crippen molar-refractivity contribution in [2.75, 3.05) is 6.54 Å². The van der Waals surface area contributed by atoms with E-state index in [2.05, 4.69) is 32.7 Å². The molecule has 20 heavy (non-hydrogen) atoms. The highest BCUT2D eigenvalue weighted by molar-refractivity contribution is 14.1. The van der Waals surface area contributed by atoms with Crippen LogP contribution >= 0.6 is 22.6 Å². The summed E-state index contributed by atoms with van der Waals surface area (Å²) in [7, 11) is 0. The van der Waals surface area contributed by atoms with E-state index in [1.165, 1.54) is 4.90 Å². The fourth-order valence-corrected chi connectivity index (χ4v) is 3.12. The lowest BCUT2D eigenvalue weighted by molar-refractivity contribution is 0.131. The van der Waals surface area contributed by atoms with Crippen LogP contribution in [0.3, 0.4) is 0 Å². The molecule has 3 heterocycles. The number of carboxylic acid groups (broad SMARTS) is 1. The smallest absolute Gasteiger partial charge is 0.407 e. The highest BCUT2D eigenvalue weighted by atomic mass is 127. The van der Waals surface area contributed by atoms with Crippen molar-refractivity contribution in [3.8, 4) is 11.4 Å². The standard InChI is InChI=1S/C13H13IN4O2/c1-8-3-2-4-9(15-8)12-11(14)10-7-17(13(19)20)5-6-18(10)16-12/h2-4H,5-7H2,1H3,(H,19,20). The first-order valence-corrected chi connectivity index (χ1v) is 7.31. The summed E-state index contributed by atoms with van der Waals surface area (Å²) in [6, 6.07) is 5.83. The topological polar surface area (TPSA) is 71.2 Å². The molecule has 6 nitrogen and oxygen atoms in total. The molecule has 1 aliphatic heterocycles. The molecule has 0 radical (unpaired) electrons. The van der Waals surface area contributed by atoms with E-state index < -0.39 is 6.09 Å². The Hall–Kier alpha value is -1.64. The summed E-state index contributed by atoms with van der Waals surface area (Å²) in [6.07, 6.45) is -0.886. The van der Waals surface area contributed by atoms with Crippen molar-refractivity contribution in [3.63, 3.8) is 0 Å². The zero-order chi connectivity index (χ0) is 14.3. The summed E-state index contributed by atoms with van der Waals surface area (Å²) >= 11 is 2.22. The maximum Gasteiger partial charge on any atom is 0.407 e. The summed E-state index contributed by atoms with van der Waals surface area (Å²) in [5.74, 6) is 0. The Kier molecular flexibility index (Phi) is 3.36. The zero-order valence-electron chi connectivity index (χ0n) is 10.9. The van der Waals surface area contributed by atoms with Crippen LogP contribution < -0.4 is 0 Å². The van der Waals surface area contributed by atoms with Crippen molar-refractivity contribution in [2.24, 2.45) is 0 Å². The molecular weight excluding hydrogens is 371 g/mol. The molecule has 0 aliphatic carbocycles. The van der Waals surface area contributed by atoms with E-state index in [0.717, 1.165) is 26.3 Å². The van der Waals surface area contributed by atoms with E-state index in [9.17, 15) is 4.79 Å². The van der Waals surface area contributed by atoms with Gasteiger partial charge in [0, 0.05) is 12.2 Å². The molecule has 0 unspecified atom stereocenters. The first-order valence-electron chi connectivity index (χ1n) is 6.23. The lowest BCUT2D eigenvalue weighted by Gasteiger charge is -2.25. The molecule has 1 amide bonds. The third-order valence-corrected chi connectivity index (χ3v) is 4.45. The average molecular weight is 384 g/mol. The molecular formula is C13H13IN4O2. The first-order chi connectivity index (χ1) is 9.56. The molecule has 3 rings (SSSR count). The van der Waals surface area contributed by atoms with E-state index in [1.807, 2.05) is 29.8 Å². The van der Waals surface area contributed by atoms with Crippen LogP contribution in [0, 0.1) is 10.5 Å². The minimum Gasteiger partial charge on any atom is -0.465 e. The average Bonchev–Trinajstić information content (AvgIpc) is 2.76. The van der Waals surface area contributed by atoms with Crippen LogP contribution in [0.15, 0.2) is 18.2 Å². The number of hydrogen-bond acceptors (Lipinski definition) is 3. The lowest BCUT2D eigenvalue weighted by Crippen LogP contribution is -2.37. The summed E-state index contributed by atoms with van der Waals surface area (Å²) in [4.78, 5) is 17.0. The zero-order valence-corrected chi connectivity index (χ0v) is 13.0. The number of rotatable bonds is 1. The van der Waals surface area contributed by atoms with Gasteiger partial charge < -0.3 is 10.0 Å². The molecule has 0 saturated carbocycles. The predicted molar refractivity (Wildman–Crippen MR) is 81.3 cm³/mol. The van der Waals surface area contributed by atoms with Crippen LogP contribution in [0.5, 0.6) is 0 Å². The van der Waals surface area contributed by atoms with Gasteiger partial charge in [-0.1, -0.05) is 6.07 Å². The van der Waals surface area contributed by atoms with Gasteiger partial charge in [-0.25, -0.2) is 4.79 Å². The lowest BCUT2D eigenvalue weighted by atomic mass is 10.2. The van der Waals surface area contributed by atoms with Crippen LogP contribution in [0.4, 0.5) is 4.79 Å². The van der Waals surface area contributed by atoms with Gasteiger partial charge >= 0.3 is 6.09 Å². The van der Waals surface area contributed by atoms with E-state index in [-0.39, 0.29) is 0 Å². The van der Waals surface area contributed by atoms with Crippen molar-refractivity contribution in [1.82, 2.24) is 19.7 Å². The van der Waals surface area contributed by atoms with Gasteiger partial charge in [0.1, 0.15) is 5.69 Å². The summed E-state index contributed by atoms with van der Waals surface area (Å²) < 4.78 is 2.87. The first kappa shape index (κ1) is 13.3. The second-order valence-electron chi connectivity index (χ2n) is 4.70. The van der Waals surface area contributed by atoms with Crippen LogP contribution in [-0.2, 0) is 13.1 Å². The maximum absolute atomic E-state index is 11.1. The van der Waals surface area contributed by atoms with Gasteiger partial charge in [-0.3, -0.25) is 9.67 Å². The molecule has 1 aliphatic rings. The van der Waals surface area contributed by atoms with Gasteiger partial charge in [0.2, 0.25) is 0 Å². The SMILES string of the molecule is Cc1cccc(-c2nn3c(c2I)CN(C(=O)O)CC3)n1. The van der Waals surface area contributed by atoms with E-state index in [1.54, 1.807) is 0 Å². The highest BCUT2D eigenvalue weighted by Gasteiger charge is 2.26. The Morgan fingerprint density at radius 2 is 2.20 bits per heavy atom. The number of nitrogens with zero attached hydrogens (tertiary/aromatic N) is 4. The molecule has 0 spiro atoms. The number of aryl methyl sites for hydroxylation is 1. The molecule has 0 saturated heterocycles. The second kappa shape index (κ2) is 5.04. The Labute approximate surface area is 129 Å². The number of fused-ring (bicyclic) bond motifs is 1. The Balaban J connectivity index is 2.02. The van der Waals surface area contributed by atoms with Gasteiger partial charge in [-0.2, -0.15) is 5.10 Å². The summed E-state index contributed by atoms with van der Waals surface area (Å²) in [6.45, 7) is 3.38. The molecule has 0 atom stereocenters. The van der Waals surface area contributed by atoms with Crippen LogP contribution in [0.1, 0.15) is 11.4 Å². The molecule has 2 aromatic rings. The van der Waals surface area contributed by atoms with Crippen LogP contribution in [0.2, 0.25) is 0 Å². The fraction of sp³-hybridized carbons (Fsp3) is 0.308. The second-order valence-corrected chi connectivity index (χ2v) is 5.78. The molecule has 1 N–H and O–H groups in total. The van der Waals surface area contributed by atoms with E-state index in [0.29, 0.717) is 19.6 Å². The van der Waals surface area contributed by atoms with Crippen molar-refractivity contribution in [2.45, 2.75) is 20.0 Å². The van der Waals surface area contributed by atoms with Crippen molar-refractivity contribution >= 4 is 28.7 Å².